The topological polar surface area (TPSA) is 57.9 Å². The molecule has 2 aromatic heterocycles. The maximum absolute atomic E-state index is 11.3. The highest BCUT2D eigenvalue weighted by Gasteiger charge is 2.12. The van der Waals surface area contributed by atoms with Crippen LogP contribution in [0.15, 0.2) is 30.3 Å². The average Bonchev–Trinajstić information content (AvgIpc) is 2.85. The van der Waals surface area contributed by atoms with Crippen LogP contribution in [0.5, 0.6) is 0 Å². The van der Waals surface area contributed by atoms with E-state index in [1.165, 1.54) is 7.11 Å². The van der Waals surface area contributed by atoms with Gasteiger partial charge in [-0.1, -0.05) is 18.2 Å². The highest BCUT2D eigenvalue weighted by molar-refractivity contribution is 6.08. The van der Waals surface area contributed by atoms with Gasteiger partial charge < -0.3 is 14.7 Å². The van der Waals surface area contributed by atoms with Gasteiger partial charge in [0.15, 0.2) is 0 Å². The molecule has 0 aliphatic carbocycles. The van der Waals surface area contributed by atoms with Gasteiger partial charge in [0.2, 0.25) is 0 Å². The number of aromatic amines is 2. The number of benzene rings is 1. The normalized spacial score (nSPS) is 11.1. The van der Waals surface area contributed by atoms with Crippen LogP contribution in [-0.4, -0.2) is 23.0 Å². The number of methoxy groups -OCH3 is 1. The molecular formula is C12H10N2O2. The molecular weight excluding hydrogens is 204 g/mol. The zero-order valence-corrected chi connectivity index (χ0v) is 8.70. The van der Waals surface area contributed by atoms with Crippen LogP contribution in [0.2, 0.25) is 0 Å². The first kappa shape index (κ1) is 9.03. The number of esters is 1. The summed E-state index contributed by atoms with van der Waals surface area (Å²) in [6, 6.07) is 9.77. The fourth-order valence-electron chi connectivity index (χ4n) is 1.95. The fourth-order valence-corrected chi connectivity index (χ4v) is 1.95. The Bertz CT molecular complexity index is 679. The Morgan fingerprint density at radius 3 is 2.81 bits per heavy atom. The molecule has 0 unspecified atom stereocenters. The van der Waals surface area contributed by atoms with E-state index in [1.54, 1.807) is 6.07 Å². The minimum absolute atomic E-state index is 0.353. The minimum Gasteiger partial charge on any atom is -0.464 e. The second kappa shape index (κ2) is 3.13. The molecule has 0 saturated heterocycles. The summed E-state index contributed by atoms with van der Waals surface area (Å²) in [5, 5.41) is 2.11. The zero-order chi connectivity index (χ0) is 11.1. The number of fused-ring (bicyclic) bond motifs is 3. The molecule has 0 aliphatic rings. The largest absolute Gasteiger partial charge is 0.464 e. The van der Waals surface area contributed by atoms with Crippen molar-refractivity contribution in [1.29, 1.82) is 0 Å². The molecule has 0 saturated carbocycles. The van der Waals surface area contributed by atoms with E-state index in [0.29, 0.717) is 5.69 Å². The van der Waals surface area contributed by atoms with Crippen molar-refractivity contribution in [2.45, 2.75) is 0 Å². The summed E-state index contributed by atoms with van der Waals surface area (Å²) in [6.45, 7) is 0. The van der Waals surface area contributed by atoms with Crippen molar-refractivity contribution in [3.63, 3.8) is 0 Å². The maximum Gasteiger partial charge on any atom is 0.354 e. The third-order valence-corrected chi connectivity index (χ3v) is 2.70. The van der Waals surface area contributed by atoms with E-state index in [1.807, 2.05) is 24.3 Å². The van der Waals surface area contributed by atoms with Crippen molar-refractivity contribution in [2.24, 2.45) is 0 Å². The molecule has 0 bridgehead atoms. The lowest BCUT2D eigenvalue weighted by molar-refractivity contribution is 0.0595. The van der Waals surface area contributed by atoms with Crippen LogP contribution in [0, 0.1) is 0 Å². The molecule has 0 spiro atoms. The SMILES string of the molecule is COC(=O)c1cc2c([nH]1)[nH]c1ccccc12. The summed E-state index contributed by atoms with van der Waals surface area (Å²) in [5.74, 6) is -0.353. The van der Waals surface area contributed by atoms with E-state index in [-0.39, 0.29) is 5.97 Å². The first-order valence-electron chi connectivity index (χ1n) is 4.97. The van der Waals surface area contributed by atoms with Gasteiger partial charge in [0, 0.05) is 16.3 Å². The number of nitrogens with one attached hydrogen (secondary N) is 2. The molecule has 4 nitrogen and oxygen atoms in total. The van der Waals surface area contributed by atoms with Crippen LogP contribution in [0.1, 0.15) is 10.5 Å². The number of H-pyrrole nitrogens is 2. The molecule has 16 heavy (non-hydrogen) atoms. The number of ether oxygens (including phenoxy) is 1. The molecule has 0 atom stereocenters. The molecule has 4 heteroatoms. The maximum atomic E-state index is 11.3. The highest BCUT2D eigenvalue weighted by atomic mass is 16.5. The van der Waals surface area contributed by atoms with Crippen LogP contribution in [0.3, 0.4) is 0 Å². The Hall–Kier alpha value is -2.23. The lowest BCUT2D eigenvalue weighted by atomic mass is 10.2. The van der Waals surface area contributed by atoms with E-state index in [4.69, 9.17) is 0 Å². The van der Waals surface area contributed by atoms with Gasteiger partial charge in [-0.25, -0.2) is 4.79 Å². The van der Waals surface area contributed by atoms with Crippen LogP contribution in [0.25, 0.3) is 21.9 Å². The van der Waals surface area contributed by atoms with Crippen LogP contribution in [-0.2, 0) is 4.74 Å². The lowest BCUT2D eigenvalue weighted by Gasteiger charge is -1.93. The van der Waals surface area contributed by atoms with Crippen LogP contribution < -0.4 is 0 Å². The van der Waals surface area contributed by atoms with Crippen molar-refractivity contribution < 1.29 is 9.53 Å². The number of hydrogen-bond donors (Lipinski definition) is 2. The van der Waals surface area contributed by atoms with Gasteiger partial charge in [0.05, 0.1) is 7.11 Å². The van der Waals surface area contributed by atoms with Crippen molar-refractivity contribution >= 4 is 27.9 Å². The average molecular weight is 214 g/mol. The lowest BCUT2D eigenvalue weighted by Crippen LogP contribution is -2.00. The third kappa shape index (κ3) is 1.13. The third-order valence-electron chi connectivity index (χ3n) is 2.70. The number of carbonyl (C=O) groups excluding carboxylic acids is 1. The molecule has 3 rings (SSSR count). The predicted molar refractivity (Wildman–Crippen MR) is 61.5 cm³/mol. The molecule has 2 N–H and O–H groups in total. The standard InChI is InChI=1S/C12H10N2O2/c1-16-12(15)10-6-8-7-4-2-3-5-9(7)13-11(8)14-10/h2-6,13-14H,1H3. The van der Waals surface area contributed by atoms with Gasteiger partial charge in [-0.3, -0.25) is 0 Å². The highest BCUT2D eigenvalue weighted by Crippen LogP contribution is 2.25. The first-order chi connectivity index (χ1) is 7.79. The zero-order valence-electron chi connectivity index (χ0n) is 8.70. The van der Waals surface area contributed by atoms with Crippen molar-refractivity contribution in [3.8, 4) is 0 Å². The monoisotopic (exact) mass is 214 g/mol. The van der Waals surface area contributed by atoms with Gasteiger partial charge in [-0.15, -0.1) is 0 Å². The van der Waals surface area contributed by atoms with E-state index < -0.39 is 0 Å². The smallest absolute Gasteiger partial charge is 0.354 e. The Kier molecular flexibility index (Phi) is 1.77. The van der Waals surface area contributed by atoms with E-state index in [0.717, 1.165) is 21.9 Å². The summed E-state index contributed by atoms with van der Waals surface area (Å²) in [7, 11) is 1.37. The Labute approximate surface area is 91.2 Å². The quantitative estimate of drug-likeness (QED) is 0.611. The van der Waals surface area contributed by atoms with Crippen molar-refractivity contribution in [3.05, 3.63) is 36.0 Å². The summed E-state index contributed by atoms with van der Waals surface area (Å²) >= 11 is 0. The van der Waals surface area contributed by atoms with Gasteiger partial charge in [-0.2, -0.15) is 0 Å². The fraction of sp³-hybridized carbons (Fsp3) is 0.0833. The number of rotatable bonds is 1. The molecule has 0 aliphatic heterocycles. The van der Waals surface area contributed by atoms with Crippen LogP contribution in [0.4, 0.5) is 0 Å². The summed E-state index contributed by atoms with van der Waals surface area (Å²) in [4.78, 5) is 17.6. The van der Waals surface area contributed by atoms with Crippen molar-refractivity contribution in [1.82, 2.24) is 9.97 Å². The molecule has 0 fully saturated rings. The Morgan fingerprint density at radius 2 is 2.00 bits per heavy atom. The van der Waals surface area contributed by atoms with Gasteiger partial charge in [-0.05, 0) is 12.1 Å². The van der Waals surface area contributed by atoms with Gasteiger partial charge in [0.1, 0.15) is 11.3 Å². The number of hydrogen-bond acceptors (Lipinski definition) is 2. The van der Waals surface area contributed by atoms with Crippen LogP contribution >= 0.6 is 0 Å². The molecule has 1 aromatic carbocycles. The van der Waals surface area contributed by atoms with Crippen molar-refractivity contribution in [2.75, 3.05) is 7.11 Å². The van der Waals surface area contributed by atoms with Gasteiger partial charge >= 0.3 is 5.97 Å². The molecule has 0 radical (unpaired) electrons. The molecule has 80 valence electrons. The summed E-state index contributed by atoms with van der Waals surface area (Å²) < 4.78 is 4.66. The summed E-state index contributed by atoms with van der Waals surface area (Å²) in [6.07, 6.45) is 0. The predicted octanol–water partition coefficient (Wildman–Crippen LogP) is 2.44. The molecule has 2 heterocycles. The number of para-hydroxylation sites is 1. The number of carbonyl (C=O) groups is 1. The summed E-state index contributed by atoms with van der Waals surface area (Å²) in [5.41, 5.74) is 2.37. The van der Waals surface area contributed by atoms with Gasteiger partial charge in [0.25, 0.3) is 0 Å². The Balaban J connectivity index is 2.30. The first-order valence-corrected chi connectivity index (χ1v) is 4.97. The minimum atomic E-state index is -0.353. The van der Waals surface area contributed by atoms with E-state index >= 15 is 0 Å². The molecule has 0 amide bonds. The Morgan fingerprint density at radius 1 is 1.19 bits per heavy atom. The second-order valence-corrected chi connectivity index (χ2v) is 3.63. The number of aromatic nitrogens is 2. The second-order valence-electron chi connectivity index (χ2n) is 3.63. The molecule has 3 aromatic rings. The van der Waals surface area contributed by atoms with E-state index in [9.17, 15) is 4.79 Å². The van der Waals surface area contributed by atoms with E-state index in [2.05, 4.69) is 14.7 Å².